The van der Waals surface area contributed by atoms with Gasteiger partial charge in [0.15, 0.2) is 11.5 Å². The van der Waals surface area contributed by atoms with Crippen molar-refractivity contribution >= 4 is 11.6 Å². The van der Waals surface area contributed by atoms with Crippen LogP contribution >= 0.6 is 0 Å². The topological polar surface area (TPSA) is 74.1 Å². The molecule has 0 radical (unpaired) electrons. The number of fused-ring (bicyclic) bond motifs is 1. The van der Waals surface area contributed by atoms with E-state index in [1.54, 1.807) is 18.9 Å². The monoisotopic (exact) mass is 349 g/mol. The van der Waals surface area contributed by atoms with Gasteiger partial charge in [-0.2, -0.15) is 4.68 Å². The Balaban J connectivity index is 1.80. The molecule has 1 aliphatic rings. The summed E-state index contributed by atoms with van der Waals surface area (Å²) in [5, 5.41) is 15.3. The number of aromatic nitrogens is 4. The average molecular weight is 349 g/mol. The lowest BCUT2D eigenvalue weighted by Gasteiger charge is -2.24. The Hall–Kier alpha value is -3.35. The van der Waals surface area contributed by atoms with E-state index < -0.39 is 0 Å². The third-order valence-corrected chi connectivity index (χ3v) is 4.44. The normalized spacial score (nSPS) is 15.7. The lowest BCUT2D eigenvalue weighted by atomic mass is 10.0. The number of aryl methyl sites for hydroxylation is 1. The van der Waals surface area contributed by atoms with Gasteiger partial charge in [-0.1, -0.05) is 41.0 Å². The van der Waals surface area contributed by atoms with Crippen molar-refractivity contribution in [3.05, 3.63) is 65.2 Å². The molecule has 132 valence electrons. The van der Waals surface area contributed by atoms with E-state index in [1.807, 2.05) is 18.2 Å². The molecule has 0 fully saturated rings. The van der Waals surface area contributed by atoms with Gasteiger partial charge in [-0.05, 0) is 46.7 Å². The third-order valence-electron chi connectivity index (χ3n) is 4.44. The highest BCUT2D eigenvalue weighted by molar-refractivity contribution is 5.77. The van der Waals surface area contributed by atoms with Crippen LogP contribution in [0.25, 0.3) is 5.70 Å². The Morgan fingerprint density at radius 3 is 2.50 bits per heavy atom. The Labute approximate surface area is 151 Å². The van der Waals surface area contributed by atoms with E-state index >= 15 is 0 Å². The van der Waals surface area contributed by atoms with Gasteiger partial charge in [-0.25, -0.2) is 0 Å². The number of ether oxygens (including phenoxy) is 2. The van der Waals surface area contributed by atoms with Crippen LogP contribution in [0.4, 0.5) is 5.95 Å². The van der Waals surface area contributed by atoms with Gasteiger partial charge in [-0.15, -0.1) is 0 Å². The molecule has 4 rings (SSSR count). The van der Waals surface area contributed by atoms with Crippen molar-refractivity contribution in [2.75, 3.05) is 19.5 Å². The van der Waals surface area contributed by atoms with Gasteiger partial charge in [0.1, 0.15) is 6.04 Å². The van der Waals surface area contributed by atoms with Crippen LogP contribution in [0.15, 0.2) is 48.5 Å². The Kier molecular flexibility index (Phi) is 4.04. The molecular formula is C19H19N5O2. The molecule has 26 heavy (non-hydrogen) atoms. The highest BCUT2D eigenvalue weighted by atomic mass is 16.5. The largest absolute Gasteiger partial charge is 0.493 e. The third kappa shape index (κ3) is 2.77. The number of hydrogen-bond donors (Lipinski definition) is 1. The van der Waals surface area contributed by atoms with E-state index in [2.05, 4.69) is 58.1 Å². The quantitative estimate of drug-likeness (QED) is 0.780. The highest BCUT2D eigenvalue weighted by Crippen LogP contribution is 2.35. The molecule has 0 saturated carbocycles. The number of methoxy groups -OCH3 is 2. The molecule has 7 nitrogen and oxygen atoms in total. The first-order valence-electron chi connectivity index (χ1n) is 8.25. The van der Waals surface area contributed by atoms with Crippen LogP contribution in [0.5, 0.6) is 11.5 Å². The summed E-state index contributed by atoms with van der Waals surface area (Å²) in [5.74, 6) is 1.95. The second kappa shape index (κ2) is 6.51. The zero-order valence-electron chi connectivity index (χ0n) is 14.8. The molecule has 0 aliphatic carbocycles. The van der Waals surface area contributed by atoms with Crippen molar-refractivity contribution < 1.29 is 9.47 Å². The van der Waals surface area contributed by atoms with Crippen molar-refractivity contribution in [3.63, 3.8) is 0 Å². The number of nitrogens with zero attached hydrogens (tertiary/aromatic N) is 4. The molecular weight excluding hydrogens is 330 g/mol. The van der Waals surface area contributed by atoms with Crippen LogP contribution in [-0.2, 0) is 0 Å². The van der Waals surface area contributed by atoms with E-state index in [0.717, 1.165) is 16.8 Å². The highest BCUT2D eigenvalue weighted by Gasteiger charge is 2.25. The van der Waals surface area contributed by atoms with Crippen LogP contribution in [0.2, 0.25) is 0 Å². The van der Waals surface area contributed by atoms with Crippen molar-refractivity contribution in [2.24, 2.45) is 0 Å². The van der Waals surface area contributed by atoms with Crippen LogP contribution < -0.4 is 14.8 Å². The molecule has 2 aromatic carbocycles. The zero-order valence-corrected chi connectivity index (χ0v) is 14.8. The number of benzene rings is 2. The first-order chi connectivity index (χ1) is 12.7. The van der Waals surface area contributed by atoms with Gasteiger partial charge < -0.3 is 14.8 Å². The average Bonchev–Trinajstić information content (AvgIpc) is 3.16. The van der Waals surface area contributed by atoms with Gasteiger partial charge in [-0.3, -0.25) is 0 Å². The first-order valence-corrected chi connectivity index (χ1v) is 8.25. The van der Waals surface area contributed by atoms with E-state index in [4.69, 9.17) is 9.47 Å². The number of tetrazole rings is 1. The van der Waals surface area contributed by atoms with Crippen molar-refractivity contribution in [2.45, 2.75) is 13.0 Å². The fourth-order valence-corrected chi connectivity index (χ4v) is 3.03. The Morgan fingerprint density at radius 1 is 1.00 bits per heavy atom. The maximum atomic E-state index is 5.44. The molecule has 0 saturated heterocycles. The van der Waals surface area contributed by atoms with Crippen molar-refractivity contribution in [3.8, 4) is 11.5 Å². The van der Waals surface area contributed by atoms with E-state index in [0.29, 0.717) is 17.4 Å². The Bertz CT molecular complexity index is 962. The molecule has 1 atom stereocenters. The lowest BCUT2D eigenvalue weighted by molar-refractivity contribution is 0.354. The maximum absolute atomic E-state index is 5.44. The van der Waals surface area contributed by atoms with Gasteiger partial charge in [0, 0.05) is 5.70 Å². The number of anilines is 1. The van der Waals surface area contributed by atoms with Crippen molar-refractivity contribution in [1.29, 1.82) is 0 Å². The summed E-state index contributed by atoms with van der Waals surface area (Å²) in [4.78, 5) is 0. The minimum absolute atomic E-state index is 0.155. The van der Waals surface area contributed by atoms with Crippen molar-refractivity contribution in [1.82, 2.24) is 20.2 Å². The van der Waals surface area contributed by atoms with Crippen LogP contribution in [0, 0.1) is 6.92 Å². The van der Waals surface area contributed by atoms with Crippen LogP contribution in [0.1, 0.15) is 22.7 Å². The standard InChI is InChI=1S/C19H19N5O2/c1-12-4-6-13(7-5-12)15-11-16(24-19(20-15)21-22-23-24)14-8-9-17(25-2)18(10-14)26-3/h4-11,16H,1-3H3,(H,20,21,23)/t16-/m0/s1. The molecule has 7 heteroatoms. The van der Waals surface area contributed by atoms with E-state index in [1.165, 1.54) is 5.56 Å². The molecule has 0 bridgehead atoms. The summed E-state index contributed by atoms with van der Waals surface area (Å²) in [7, 11) is 3.25. The predicted molar refractivity (Wildman–Crippen MR) is 98.3 cm³/mol. The maximum Gasteiger partial charge on any atom is 0.248 e. The molecule has 1 aromatic heterocycles. The number of allylic oxidation sites excluding steroid dienone is 1. The fraction of sp³-hybridized carbons (Fsp3) is 0.211. The molecule has 1 N–H and O–H groups in total. The second-order valence-corrected chi connectivity index (χ2v) is 6.08. The minimum Gasteiger partial charge on any atom is -0.493 e. The number of nitrogens with one attached hydrogen (secondary N) is 1. The fourth-order valence-electron chi connectivity index (χ4n) is 3.03. The summed E-state index contributed by atoms with van der Waals surface area (Å²) in [6, 6.07) is 14.0. The second-order valence-electron chi connectivity index (χ2n) is 6.08. The van der Waals surface area contributed by atoms with Crippen LogP contribution in [-0.4, -0.2) is 34.4 Å². The molecule has 0 amide bonds. The van der Waals surface area contributed by atoms with Gasteiger partial charge in [0.2, 0.25) is 5.95 Å². The zero-order chi connectivity index (χ0) is 18.1. The van der Waals surface area contributed by atoms with Crippen LogP contribution in [0.3, 0.4) is 0 Å². The van der Waals surface area contributed by atoms with Gasteiger partial charge in [0.05, 0.1) is 14.2 Å². The smallest absolute Gasteiger partial charge is 0.248 e. The summed E-state index contributed by atoms with van der Waals surface area (Å²) in [5.41, 5.74) is 4.26. The molecule has 0 spiro atoms. The molecule has 0 unspecified atom stereocenters. The summed E-state index contributed by atoms with van der Waals surface area (Å²) in [6.45, 7) is 2.07. The Morgan fingerprint density at radius 2 is 1.77 bits per heavy atom. The summed E-state index contributed by atoms with van der Waals surface area (Å²) in [6.07, 6.45) is 2.11. The summed E-state index contributed by atoms with van der Waals surface area (Å²) >= 11 is 0. The minimum atomic E-state index is -0.155. The molecule has 2 heterocycles. The number of hydrogen-bond acceptors (Lipinski definition) is 6. The number of rotatable bonds is 4. The predicted octanol–water partition coefficient (Wildman–Crippen LogP) is 3.05. The first kappa shape index (κ1) is 16.1. The van der Waals surface area contributed by atoms with E-state index in [9.17, 15) is 0 Å². The molecule has 3 aromatic rings. The van der Waals surface area contributed by atoms with Gasteiger partial charge in [0.25, 0.3) is 0 Å². The SMILES string of the molecule is COc1ccc([C@@H]2C=C(c3ccc(C)cc3)Nc3nnnn32)cc1OC. The molecule has 1 aliphatic heterocycles. The van der Waals surface area contributed by atoms with E-state index in [-0.39, 0.29) is 6.04 Å². The summed E-state index contributed by atoms with van der Waals surface area (Å²) < 4.78 is 12.5. The van der Waals surface area contributed by atoms with Gasteiger partial charge >= 0.3 is 0 Å². The lowest BCUT2D eigenvalue weighted by Crippen LogP contribution is -2.20.